The van der Waals surface area contributed by atoms with Gasteiger partial charge in [-0.2, -0.15) is 5.10 Å². The Morgan fingerprint density at radius 2 is 2.00 bits per heavy atom. The highest BCUT2D eigenvalue weighted by Gasteiger charge is 2.30. The van der Waals surface area contributed by atoms with Gasteiger partial charge in [-0.25, -0.2) is 24.0 Å². The molecule has 5 rings (SSSR count). The van der Waals surface area contributed by atoms with E-state index < -0.39 is 12.2 Å². The highest BCUT2D eigenvalue weighted by molar-refractivity contribution is 5.98. The fourth-order valence-electron chi connectivity index (χ4n) is 4.76. The Balaban J connectivity index is 1.75. The summed E-state index contributed by atoms with van der Waals surface area (Å²) < 4.78 is 23.4. The minimum atomic E-state index is -1.36. The number of halogens is 1. The molecule has 1 aliphatic carbocycles. The highest BCUT2D eigenvalue weighted by Crippen LogP contribution is 2.35. The van der Waals surface area contributed by atoms with Gasteiger partial charge in [0.2, 0.25) is 0 Å². The number of allylic oxidation sites excluding steroid dienone is 1. The molecule has 186 valence electrons. The molecular formula is C26H28FN7O2. The maximum Gasteiger partial charge on any atom is 0.260 e. The van der Waals surface area contributed by atoms with Gasteiger partial charge in [-0.1, -0.05) is 19.9 Å². The molecule has 0 fully saturated rings. The first-order valence-corrected chi connectivity index (χ1v) is 12.1. The number of hydrogen-bond donors (Lipinski definition) is 1. The van der Waals surface area contributed by atoms with E-state index in [1.165, 1.54) is 6.33 Å². The number of methoxy groups -OCH3 is 1. The van der Waals surface area contributed by atoms with Crippen molar-refractivity contribution in [2.45, 2.75) is 51.9 Å². The topological polar surface area (TPSA) is 114 Å². The number of rotatable bonds is 7. The SMILES string of the molecule is CCCn1c(C(CC)n2nc(-c3ccc(OC)cc3)c3c(N)ncnc32)nc2c(c1=O)C(F)CC=C2. The van der Waals surface area contributed by atoms with Crippen molar-refractivity contribution < 1.29 is 9.13 Å². The summed E-state index contributed by atoms with van der Waals surface area (Å²) in [6.07, 6.45) is 4.93. The molecule has 2 atom stereocenters. The van der Waals surface area contributed by atoms with Crippen LogP contribution in [0.25, 0.3) is 28.4 Å². The lowest BCUT2D eigenvalue weighted by molar-refractivity contribution is 0.335. The van der Waals surface area contributed by atoms with Crippen molar-refractivity contribution in [1.29, 1.82) is 0 Å². The van der Waals surface area contributed by atoms with Crippen LogP contribution in [0.15, 0.2) is 41.5 Å². The lowest BCUT2D eigenvalue weighted by Crippen LogP contribution is -2.33. The minimum absolute atomic E-state index is 0.125. The summed E-state index contributed by atoms with van der Waals surface area (Å²) in [6.45, 7) is 4.39. The smallest absolute Gasteiger partial charge is 0.260 e. The lowest BCUT2D eigenvalue weighted by Gasteiger charge is -2.24. The summed E-state index contributed by atoms with van der Waals surface area (Å²) in [5.41, 5.74) is 8.44. The maximum atomic E-state index is 14.7. The summed E-state index contributed by atoms with van der Waals surface area (Å²) in [7, 11) is 1.61. The van der Waals surface area contributed by atoms with Crippen LogP contribution in [0.4, 0.5) is 10.2 Å². The molecule has 2 unspecified atom stereocenters. The summed E-state index contributed by atoms with van der Waals surface area (Å²) in [5.74, 6) is 1.54. The third kappa shape index (κ3) is 3.82. The van der Waals surface area contributed by atoms with E-state index in [1.807, 2.05) is 38.1 Å². The fraction of sp³-hybridized carbons (Fsp3) is 0.346. The van der Waals surface area contributed by atoms with E-state index in [1.54, 1.807) is 28.5 Å². The highest BCUT2D eigenvalue weighted by atomic mass is 19.1. The second kappa shape index (κ2) is 9.52. The Morgan fingerprint density at radius 1 is 1.22 bits per heavy atom. The molecule has 0 spiro atoms. The van der Waals surface area contributed by atoms with E-state index in [0.29, 0.717) is 53.4 Å². The Bertz CT molecular complexity index is 1510. The fourth-order valence-corrected chi connectivity index (χ4v) is 4.76. The zero-order chi connectivity index (χ0) is 25.4. The van der Waals surface area contributed by atoms with Gasteiger partial charge in [0.05, 0.1) is 23.8 Å². The summed E-state index contributed by atoms with van der Waals surface area (Å²) in [4.78, 5) is 27.0. The normalized spacial score (nSPS) is 15.7. The van der Waals surface area contributed by atoms with E-state index in [9.17, 15) is 9.18 Å². The minimum Gasteiger partial charge on any atom is -0.497 e. The van der Waals surface area contributed by atoms with Crippen LogP contribution < -0.4 is 16.0 Å². The van der Waals surface area contributed by atoms with Crippen molar-refractivity contribution in [3.05, 3.63) is 64.1 Å². The zero-order valence-corrected chi connectivity index (χ0v) is 20.5. The zero-order valence-electron chi connectivity index (χ0n) is 20.5. The van der Waals surface area contributed by atoms with Gasteiger partial charge in [0.25, 0.3) is 5.56 Å². The van der Waals surface area contributed by atoms with Gasteiger partial charge in [-0.05, 0) is 43.2 Å². The van der Waals surface area contributed by atoms with Crippen LogP contribution >= 0.6 is 0 Å². The number of nitrogens with two attached hydrogens (primary N) is 1. The first-order chi connectivity index (χ1) is 17.5. The molecular weight excluding hydrogens is 461 g/mol. The molecule has 3 aromatic heterocycles. The number of fused-ring (bicyclic) bond motifs is 2. The Labute approximate surface area is 207 Å². The monoisotopic (exact) mass is 489 g/mol. The Morgan fingerprint density at radius 3 is 2.69 bits per heavy atom. The summed E-state index contributed by atoms with van der Waals surface area (Å²) >= 11 is 0. The van der Waals surface area contributed by atoms with Gasteiger partial charge in [0.1, 0.15) is 41.6 Å². The van der Waals surface area contributed by atoms with Crippen molar-refractivity contribution in [1.82, 2.24) is 29.3 Å². The van der Waals surface area contributed by atoms with Crippen molar-refractivity contribution in [3.63, 3.8) is 0 Å². The van der Waals surface area contributed by atoms with Gasteiger partial charge in [-0.3, -0.25) is 9.36 Å². The van der Waals surface area contributed by atoms with Crippen LogP contribution in [0.2, 0.25) is 0 Å². The van der Waals surface area contributed by atoms with E-state index >= 15 is 0 Å². The number of hydrogen-bond acceptors (Lipinski definition) is 7. The molecule has 1 aliphatic rings. The van der Waals surface area contributed by atoms with Crippen LogP contribution in [0.3, 0.4) is 0 Å². The number of aromatic nitrogens is 6. The first-order valence-electron chi connectivity index (χ1n) is 12.1. The van der Waals surface area contributed by atoms with Gasteiger partial charge in [0, 0.05) is 18.5 Å². The third-order valence-corrected chi connectivity index (χ3v) is 6.50. The average molecular weight is 490 g/mol. The first kappa shape index (κ1) is 23.7. The molecule has 1 aromatic carbocycles. The van der Waals surface area contributed by atoms with Crippen LogP contribution in [0.1, 0.15) is 62.4 Å². The van der Waals surface area contributed by atoms with E-state index in [2.05, 4.69) is 9.97 Å². The predicted octanol–water partition coefficient (Wildman–Crippen LogP) is 4.48. The molecule has 0 bridgehead atoms. The van der Waals surface area contributed by atoms with Crippen molar-refractivity contribution in [3.8, 4) is 17.0 Å². The Kier molecular flexibility index (Phi) is 6.26. The second-order valence-electron chi connectivity index (χ2n) is 8.73. The molecule has 9 nitrogen and oxygen atoms in total. The molecule has 4 aromatic rings. The van der Waals surface area contributed by atoms with Gasteiger partial charge in [0.15, 0.2) is 5.65 Å². The predicted molar refractivity (Wildman–Crippen MR) is 136 cm³/mol. The second-order valence-corrected chi connectivity index (χ2v) is 8.73. The van der Waals surface area contributed by atoms with Crippen LogP contribution in [0, 0.1) is 0 Å². The number of anilines is 1. The molecule has 0 amide bonds. The molecule has 3 heterocycles. The molecule has 0 aliphatic heterocycles. The van der Waals surface area contributed by atoms with E-state index in [-0.39, 0.29) is 17.5 Å². The van der Waals surface area contributed by atoms with Crippen molar-refractivity contribution in [2.75, 3.05) is 12.8 Å². The quantitative estimate of drug-likeness (QED) is 0.407. The lowest BCUT2D eigenvalue weighted by atomic mass is 10.0. The molecule has 0 saturated carbocycles. The number of nitrogens with zero attached hydrogens (tertiary/aromatic N) is 6. The standard InChI is InChI=1S/C26H28FN7O2/c1-4-13-33-24(31-18-8-6-7-17(27)20(18)26(33)35)19(5-2)34-25-21(23(28)29-14-30-25)22(32-34)15-9-11-16(36-3)12-10-15/h6,8-12,14,17,19H,4-5,7,13H2,1-3H3,(H2,28,29,30). The van der Waals surface area contributed by atoms with Crippen molar-refractivity contribution >= 4 is 22.9 Å². The number of ether oxygens (including phenoxy) is 1. The van der Waals surface area contributed by atoms with Gasteiger partial charge in [-0.15, -0.1) is 0 Å². The summed E-state index contributed by atoms with van der Waals surface area (Å²) in [5, 5.41) is 5.55. The van der Waals surface area contributed by atoms with Gasteiger partial charge < -0.3 is 10.5 Å². The van der Waals surface area contributed by atoms with E-state index in [4.69, 9.17) is 20.6 Å². The Hall–Kier alpha value is -4.08. The number of alkyl halides is 1. The average Bonchev–Trinajstić information content (AvgIpc) is 3.27. The van der Waals surface area contributed by atoms with E-state index in [0.717, 1.165) is 11.3 Å². The molecule has 10 heteroatoms. The molecule has 2 N–H and O–H groups in total. The largest absolute Gasteiger partial charge is 0.497 e. The van der Waals surface area contributed by atoms with Crippen LogP contribution in [-0.4, -0.2) is 36.4 Å². The van der Waals surface area contributed by atoms with Gasteiger partial charge >= 0.3 is 0 Å². The van der Waals surface area contributed by atoms with Crippen LogP contribution in [0.5, 0.6) is 5.75 Å². The van der Waals surface area contributed by atoms with Crippen LogP contribution in [-0.2, 0) is 6.54 Å². The third-order valence-electron chi connectivity index (χ3n) is 6.50. The number of benzene rings is 1. The number of nitrogen functional groups attached to an aromatic ring is 1. The molecule has 36 heavy (non-hydrogen) atoms. The summed E-state index contributed by atoms with van der Waals surface area (Å²) in [6, 6.07) is 7.05. The van der Waals surface area contributed by atoms with Crippen molar-refractivity contribution in [2.24, 2.45) is 0 Å². The molecule has 0 radical (unpaired) electrons. The molecule has 0 saturated heterocycles. The maximum absolute atomic E-state index is 14.7.